The Balaban J connectivity index is 1.68. The second-order valence-corrected chi connectivity index (χ2v) is 5.21. The van der Waals surface area contributed by atoms with Crippen molar-refractivity contribution in [3.05, 3.63) is 58.3 Å². The maximum atomic E-state index is 11.8. The van der Waals surface area contributed by atoms with Crippen LogP contribution < -0.4 is 10.9 Å². The van der Waals surface area contributed by atoms with E-state index in [-0.39, 0.29) is 5.76 Å². The molecule has 3 rings (SSSR count). The zero-order chi connectivity index (χ0) is 14.8. The molecule has 0 saturated carbocycles. The number of carbonyl (C=O) groups excluding carboxylic acids is 1. The van der Waals surface area contributed by atoms with Gasteiger partial charge in [0, 0.05) is 4.70 Å². The van der Waals surface area contributed by atoms with Crippen molar-refractivity contribution in [1.29, 1.82) is 0 Å². The third kappa shape index (κ3) is 2.70. The van der Waals surface area contributed by atoms with Crippen LogP contribution in [0.2, 0.25) is 0 Å². The lowest BCUT2D eigenvalue weighted by Gasteiger charge is -2.03. The molecule has 0 radical (unpaired) electrons. The van der Waals surface area contributed by atoms with Gasteiger partial charge in [-0.25, -0.2) is 0 Å². The minimum Gasteiger partial charge on any atom is -0.395 e. The number of hydrogen-bond donors (Lipinski definition) is 2. The summed E-state index contributed by atoms with van der Waals surface area (Å²) in [4.78, 5) is 21.6. The number of benzene rings is 1. The highest BCUT2D eigenvalue weighted by atomic mass is 32.1. The first kappa shape index (κ1) is 13.1. The van der Waals surface area contributed by atoms with E-state index in [2.05, 4.69) is 10.9 Å². The molecule has 0 atom stereocenters. The van der Waals surface area contributed by atoms with Gasteiger partial charge in [0.1, 0.15) is 9.92 Å². The molecule has 0 saturated heterocycles. The smallest absolute Gasteiger partial charge is 0.395 e. The standard InChI is InChI=1S/C13H9N3O4S/c17-13(9-5-6-12(20-9)16(18)19)15-14-11-7-8-3-1-2-4-10(8)21-11/h1-7,14H,(H,15,17). The van der Waals surface area contributed by atoms with E-state index < -0.39 is 16.7 Å². The first-order valence-corrected chi connectivity index (χ1v) is 6.74. The fourth-order valence-electron chi connectivity index (χ4n) is 1.77. The molecular formula is C13H9N3O4S. The maximum Gasteiger partial charge on any atom is 0.433 e. The molecule has 0 unspecified atom stereocenters. The highest BCUT2D eigenvalue weighted by molar-refractivity contribution is 7.22. The Morgan fingerprint density at radius 1 is 1.24 bits per heavy atom. The van der Waals surface area contributed by atoms with Gasteiger partial charge in [-0.3, -0.25) is 25.8 Å². The number of rotatable bonds is 4. The quantitative estimate of drug-likeness (QED) is 0.570. The minimum atomic E-state index is -0.698. The molecule has 0 fully saturated rings. The third-order valence-electron chi connectivity index (χ3n) is 2.72. The van der Waals surface area contributed by atoms with Crippen molar-refractivity contribution in [2.45, 2.75) is 0 Å². The van der Waals surface area contributed by atoms with Crippen LogP contribution in [0, 0.1) is 10.1 Å². The number of fused-ring (bicyclic) bond motifs is 1. The Hall–Kier alpha value is -2.87. The van der Waals surface area contributed by atoms with Crippen LogP contribution in [0.5, 0.6) is 0 Å². The molecule has 7 nitrogen and oxygen atoms in total. The highest BCUT2D eigenvalue weighted by Gasteiger charge is 2.17. The average Bonchev–Trinajstić information content (AvgIpc) is 3.11. The van der Waals surface area contributed by atoms with Gasteiger partial charge in [-0.15, -0.1) is 11.3 Å². The predicted octanol–water partition coefficient (Wildman–Crippen LogP) is 3.16. The Morgan fingerprint density at radius 2 is 2.05 bits per heavy atom. The summed E-state index contributed by atoms with van der Waals surface area (Å²) in [6, 6.07) is 12.1. The second-order valence-electron chi connectivity index (χ2n) is 4.12. The van der Waals surface area contributed by atoms with Crippen molar-refractivity contribution < 1.29 is 14.1 Å². The van der Waals surface area contributed by atoms with E-state index in [0.29, 0.717) is 0 Å². The van der Waals surface area contributed by atoms with Crippen molar-refractivity contribution in [3.8, 4) is 0 Å². The van der Waals surface area contributed by atoms with Crippen LogP contribution in [0.25, 0.3) is 10.1 Å². The van der Waals surface area contributed by atoms with Crippen molar-refractivity contribution in [3.63, 3.8) is 0 Å². The Labute approximate surface area is 122 Å². The second kappa shape index (κ2) is 5.25. The van der Waals surface area contributed by atoms with Crippen LogP contribution in [0.3, 0.4) is 0 Å². The van der Waals surface area contributed by atoms with Crippen LogP contribution in [0.1, 0.15) is 10.6 Å². The number of nitrogens with zero attached hydrogens (tertiary/aromatic N) is 1. The molecule has 106 valence electrons. The lowest BCUT2D eigenvalue weighted by Crippen LogP contribution is -2.28. The molecule has 0 aliphatic carbocycles. The molecule has 2 heterocycles. The van der Waals surface area contributed by atoms with Gasteiger partial charge in [-0.2, -0.15) is 0 Å². The van der Waals surface area contributed by atoms with E-state index in [9.17, 15) is 14.9 Å². The van der Waals surface area contributed by atoms with E-state index in [0.717, 1.165) is 21.2 Å². The van der Waals surface area contributed by atoms with E-state index in [4.69, 9.17) is 4.42 Å². The number of furan rings is 1. The molecule has 8 heteroatoms. The number of thiophene rings is 1. The lowest BCUT2D eigenvalue weighted by molar-refractivity contribution is -0.402. The number of anilines is 1. The molecule has 1 amide bonds. The van der Waals surface area contributed by atoms with Crippen molar-refractivity contribution >= 4 is 38.2 Å². The largest absolute Gasteiger partial charge is 0.433 e. The van der Waals surface area contributed by atoms with Gasteiger partial charge in [-0.05, 0) is 23.6 Å². The first-order valence-electron chi connectivity index (χ1n) is 5.92. The molecule has 0 spiro atoms. The van der Waals surface area contributed by atoms with Crippen LogP contribution in [-0.4, -0.2) is 10.8 Å². The van der Waals surface area contributed by atoms with Gasteiger partial charge < -0.3 is 4.42 Å². The minimum absolute atomic E-state index is 0.129. The number of hydrogen-bond acceptors (Lipinski definition) is 6. The fourth-order valence-corrected chi connectivity index (χ4v) is 2.69. The van der Waals surface area contributed by atoms with E-state index in [1.807, 2.05) is 30.3 Å². The normalized spacial score (nSPS) is 10.5. The Morgan fingerprint density at radius 3 is 2.76 bits per heavy atom. The molecular weight excluding hydrogens is 294 g/mol. The summed E-state index contributed by atoms with van der Waals surface area (Å²) >= 11 is 1.48. The van der Waals surface area contributed by atoms with Crippen LogP contribution in [0.4, 0.5) is 10.9 Å². The van der Waals surface area contributed by atoms with Crippen molar-refractivity contribution in [2.75, 3.05) is 5.43 Å². The fraction of sp³-hybridized carbons (Fsp3) is 0. The van der Waals surface area contributed by atoms with Crippen LogP contribution in [-0.2, 0) is 0 Å². The molecule has 0 aliphatic rings. The van der Waals surface area contributed by atoms with Gasteiger partial charge >= 0.3 is 11.8 Å². The first-order chi connectivity index (χ1) is 10.1. The molecule has 0 aliphatic heterocycles. The predicted molar refractivity (Wildman–Crippen MR) is 78.3 cm³/mol. The molecule has 0 bridgehead atoms. The summed E-state index contributed by atoms with van der Waals surface area (Å²) in [6.45, 7) is 0. The van der Waals surface area contributed by atoms with Gasteiger partial charge in [0.15, 0.2) is 0 Å². The lowest BCUT2D eigenvalue weighted by atomic mass is 10.3. The Bertz CT molecular complexity index is 791. The zero-order valence-corrected chi connectivity index (χ0v) is 11.3. The topological polar surface area (TPSA) is 97.4 Å². The zero-order valence-electron chi connectivity index (χ0n) is 10.5. The van der Waals surface area contributed by atoms with Gasteiger partial charge in [0.2, 0.25) is 5.76 Å². The van der Waals surface area contributed by atoms with Gasteiger partial charge in [-0.1, -0.05) is 18.2 Å². The molecule has 2 aromatic heterocycles. The highest BCUT2D eigenvalue weighted by Crippen LogP contribution is 2.28. The summed E-state index contributed by atoms with van der Waals surface area (Å²) in [5.74, 6) is -1.18. The number of hydrazine groups is 1. The number of amides is 1. The van der Waals surface area contributed by atoms with Crippen molar-refractivity contribution in [1.82, 2.24) is 5.43 Å². The van der Waals surface area contributed by atoms with Crippen LogP contribution >= 0.6 is 11.3 Å². The summed E-state index contributed by atoms with van der Waals surface area (Å²) in [6.07, 6.45) is 0. The maximum absolute atomic E-state index is 11.8. The SMILES string of the molecule is O=C(NNc1cc2ccccc2s1)c1ccc([N+](=O)[O-])o1. The third-order valence-corrected chi connectivity index (χ3v) is 3.75. The van der Waals surface area contributed by atoms with E-state index >= 15 is 0 Å². The summed E-state index contributed by atoms with van der Waals surface area (Å²) in [5.41, 5.74) is 5.19. The monoisotopic (exact) mass is 303 g/mol. The number of nitro groups is 1. The van der Waals surface area contributed by atoms with Gasteiger partial charge in [0.25, 0.3) is 0 Å². The Kier molecular flexibility index (Phi) is 3.28. The summed E-state index contributed by atoms with van der Waals surface area (Å²) in [7, 11) is 0. The molecule has 1 aromatic carbocycles. The van der Waals surface area contributed by atoms with E-state index in [1.165, 1.54) is 17.4 Å². The van der Waals surface area contributed by atoms with Gasteiger partial charge in [0.05, 0.1) is 6.07 Å². The summed E-state index contributed by atoms with van der Waals surface area (Å²) < 4.78 is 5.89. The number of carbonyl (C=O) groups is 1. The molecule has 21 heavy (non-hydrogen) atoms. The van der Waals surface area contributed by atoms with E-state index in [1.54, 1.807) is 0 Å². The molecule has 2 N–H and O–H groups in total. The number of nitrogens with one attached hydrogen (secondary N) is 2. The van der Waals surface area contributed by atoms with Crippen molar-refractivity contribution in [2.24, 2.45) is 0 Å². The average molecular weight is 303 g/mol. The molecule has 3 aromatic rings. The van der Waals surface area contributed by atoms with Crippen LogP contribution in [0.15, 0.2) is 46.9 Å². The summed E-state index contributed by atoms with van der Waals surface area (Å²) in [5, 5.41) is 12.3.